The minimum Gasteiger partial charge on any atom is -0.498 e. The van der Waals surface area contributed by atoms with Gasteiger partial charge in [-0.3, -0.25) is 24.1 Å². The molecule has 3 atom stereocenters. The Hall–Kier alpha value is -3.42. The summed E-state index contributed by atoms with van der Waals surface area (Å²) in [6, 6.07) is 6.95. The molecule has 3 amide bonds. The van der Waals surface area contributed by atoms with E-state index in [0.717, 1.165) is 11.0 Å². The Morgan fingerprint density at radius 3 is 2.53 bits per heavy atom. The van der Waals surface area contributed by atoms with Crippen LogP contribution in [0, 0.1) is 0 Å². The van der Waals surface area contributed by atoms with E-state index in [4.69, 9.17) is 11.6 Å². The molecule has 228 valence electrons. The maximum absolute atomic E-state index is 15.8. The molecule has 0 bridgehead atoms. The minimum atomic E-state index is -4.75. The molecule has 1 N–H and O–H groups in total. The number of carbonyl (C=O) groups is 3. The topological polar surface area (TPSA) is 106 Å². The number of quaternary nitrogens is 1. The van der Waals surface area contributed by atoms with Crippen LogP contribution in [0.2, 0.25) is 5.02 Å². The molecule has 8 nitrogen and oxygen atoms in total. The molecular weight excluding hydrogens is 612 g/mol. The van der Waals surface area contributed by atoms with E-state index in [0.29, 0.717) is 28.2 Å². The summed E-state index contributed by atoms with van der Waals surface area (Å²) in [5, 5.41) is 18.6. The van der Waals surface area contributed by atoms with Crippen molar-refractivity contribution in [3.8, 4) is 0 Å². The van der Waals surface area contributed by atoms with Crippen molar-refractivity contribution >= 4 is 57.1 Å². The number of hydrogen-bond donors (Lipinski definition) is 1. The molecule has 0 spiro atoms. The van der Waals surface area contributed by atoms with Crippen molar-refractivity contribution in [3.63, 3.8) is 0 Å². The lowest BCUT2D eigenvalue weighted by atomic mass is 9.91. The summed E-state index contributed by atoms with van der Waals surface area (Å²) in [5.41, 5.74) is -0.912. The lowest BCUT2D eigenvalue weighted by molar-refractivity contribution is -0.926. The number of fused-ring (bicyclic) bond motifs is 1. The van der Waals surface area contributed by atoms with Crippen molar-refractivity contribution in [1.29, 1.82) is 0 Å². The van der Waals surface area contributed by atoms with Gasteiger partial charge in [-0.15, -0.1) is 0 Å². The van der Waals surface area contributed by atoms with E-state index in [1.165, 1.54) is 18.3 Å². The molecule has 1 aromatic heterocycles. The van der Waals surface area contributed by atoms with Gasteiger partial charge in [-0.25, -0.2) is 4.39 Å². The van der Waals surface area contributed by atoms with Crippen LogP contribution in [0.15, 0.2) is 47.5 Å². The number of rotatable bonds is 4. The summed E-state index contributed by atoms with van der Waals surface area (Å²) in [4.78, 5) is 39.9. The van der Waals surface area contributed by atoms with Crippen LogP contribution in [-0.2, 0) is 17.4 Å². The van der Waals surface area contributed by atoms with E-state index < -0.39 is 57.8 Å². The van der Waals surface area contributed by atoms with Gasteiger partial charge in [0, 0.05) is 16.8 Å². The van der Waals surface area contributed by atoms with Crippen LogP contribution in [0.3, 0.4) is 0 Å². The van der Waals surface area contributed by atoms with E-state index in [-0.39, 0.29) is 40.5 Å². The third kappa shape index (κ3) is 5.53. The Morgan fingerprint density at radius 1 is 1.19 bits per heavy atom. The van der Waals surface area contributed by atoms with Gasteiger partial charge in [0.2, 0.25) is 0 Å². The van der Waals surface area contributed by atoms with Crippen LogP contribution in [0.1, 0.15) is 43.9 Å². The number of likely N-dealkylation sites (tertiary alicyclic amines) is 1. The molecule has 0 saturated carbocycles. The predicted octanol–water partition coefficient (Wildman–Crippen LogP) is 5.95. The largest absolute Gasteiger partial charge is 0.498 e. The van der Waals surface area contributed by atoms with Gasteiger partial charge < -0.3 is 9.90 Å². The number of carboxylic acid groups (broad SMARTS) is 1. The number of halogens is 5. The fourth-order valence-electron chi connectivity index (χ4n) is 5.83. The van der Waals surface area contributed by atoms with Crippen molar-refractivity contribution < 1.29 is 41.5 Å². The number of aromatic nitrogens is 2. The van der Waals surface area contributed by atoms with E-state index >= 15 is 4.39 Å². The summed E-state index contributed by atoms with van der Waals surface area (Å²) in [5.74, 6) is -0.850. The van der Waals surface area contributed by atoms with Gasteiger partial charge in [0.1, 0.15) is 6.54 Å². The van der Waals surface area contributed by atoms with E-state index in [9.17, 15) is 32.7 Å². The highest BCUT2D eigenvalue weighted by Gasteiger charge is 2.54. The molecule has 2 aliphatic rings. The summed E-state index contributed by atoms with van der Waals surface area (Å²) >= 11 is 6.40. The highest BCUT2D eigenvalue weighted by atomic mass is 35.5. The molecule has 0 radical (unpaired) electrons. The number of H-pyrrole nitrogens is 1. The number of amides is 3. The number of benzene rings is 2. The quantitative estimate of drug-likeness (QED) is 0.215. The van der Waals surface area contributed by atoms with Gasteiger partial charge in [-0.1, -0.05) is 23.7 Å². The van der Waals surface area contributed by atoms with Crippen LogP contribution in [0.4, 0.5) is 27.2 Å². The normalized spacial score (nSPS) is 24.6. The maximum atomic E-state index is 15.8. The number of nitrogens with one attached hydrogen (secondary N) is 1. The number of allylic oxidation sites excluding steroid dienone is 1. The zero-order valence-corrected chi connectivity index (χ0v) is 24.9. The van der Waals surface area contributed by atoms with Crippen molar-refractivity contribution in [2.75, 3.05) is 13.1 Å². The Balaban J connectivity index is 1.58. The first kappa shape index (κ1) is 31.0. The highest BCUT2D eigenvalue weighted by molar-refractivity contribution is 8.18. The Morgan fingerprint density at radius 2 is 1.91 bits per heavy atom. The second-order valence-electron chi connectivity index (χ2n) is 11.7. The fraction of sp³-hybridized carbons (Fsp3) is 0.379. The Bertz CT molecular complexity index is 1670. The summed E-state index contributed by atoms with van der Waals surface area (Å²) in [6.45, 7) is 4.35. The predicted molar refractivity (Wildman–Crippen MR) is 151 cm³/mol. The number of thioether (sulfide) groups is 1. The summed E-state index contributed by atoms with van der Waals surface area (Å²) in [7, 11) is 0. The standard InChI is InChI=1S/C29H27ClF4N4O4S/c1-28(2,3)38(27(41)42)9-8-23(21(31)14-38)37-25(39)24(43-26(37)40)19(15-5-7-22-17(10-15)13-35-36-22)11-16-4-6-18(30)12-20(16)29(32,33)34/h4-7,10,12-13,21,23H,8-9,11,14H2,1-3H3,(H-,35,36,39,41,42)/t21-,23-,38?/m0/s1. The Kier molecular flexibility index (Phi) is 7.89. The highest BCUT2D eigenvalue weighted by Crippen LogP contribution is 2.44. The van der Waals surface area contributed by atoms with Gasteiger partial charge in [0.05, 0.1) is 40.3 Å². The van der Waals surface area contributed by atoms with Crippen LogP contribution in [0.25, 0.3) is 16.5 Å². The van der Waals surface area contributed by atoms with Gasteiger partial charge in [-0.05, 0) is 79.9 Å². The van der Waals surface area contributed by atoms with E-state index in [1.54, 1.807) is 39.0 Å². The second kappa shape index (κ2) is 10.9. The zero-order valence-electron chi connectivity index (χ0n) is 23.3. The molecule has 3 heterocycles. The maximum Gasteiger partial charge on any atom is 0.416 e. The molecule has 2 aliphatic heterocycles. The molecule has 1 unspecified atom stereocenters. The van der Waals surface area contributed by atoms with E-state index in [1.807, 2.05) is 0 Å². The molecule has 43 heavy (non-hydrogen) atoms. The molecule has 2 saturated heterocycles. The van der Waals surface area contributed by atoms with Gasteiger partial charge in [-0.2, -0.15) is 18.3 Å². The molecule has 5 rings (SSSR count). The van der Waals surface area contributed by atoms with E-state index in [2.05, 4.69) is 10.2 Å². The number of piperidine rings is 1. The van der Waals surface area contributed by atoms with Crippen LogP contribution < -0.4 is 5.11 Å². The number of aromatic amines is 1. The number of imide groups is 1. The van der Waals surface area contributed by atoms with Crippen LogP contribution in [-0.4, -0.2) is 67.7 Å². The van der Waals surface area contributed by atoms with Crippen LogP contribution >= 0.6 is 23.4 Å². The lowest BCUT2D eigenvalue weighted by Crippen LogP contribution is -2.73. The van der Waals surface area contributed by atoms with Crippen molar-refractivity contribution in [2.45, 2.75) is 57.5 Å². The second-order valence-corrected chi connectivity index (χ2v) is 13.1. The van der Waals surface area contributed by atoms with Crippen LogP contribution in [0.5, 0.6) is 0 Å². The lowest BCUT2D eigenvalue weighted by Gasteiger charge is -2.52. The smallest absolute Gasteiger partial charge is 0.416 e. The average molecular weight is 639 g/mol. The molecular formula is C29H27ClF4N4O4S. The monoisotopic (exact) mass is 638 g/mol. The summed E-state index contributed by atoms with van der Waals surface area (Å²) in [6.07, 6.45) is -7.09. The first-order valence-electron chi connectivity index (χ1n) is 13.3. The third-order valence-corrected chi connectivity index (χ3v) is 9.51. The number of carbonyl (C=O) groups excluding carboxylic acids is 3. The molecule has 14 heteroatoms. The third-order valence-electron chi connectivity index (χ3n) is 8.28. The van der Waals surface area contributed by atoms with Crippen molar-refractivity contribution in [3.05, 3.63) is 69.2 Å². The number of alkyl halides is 4. The van der Waals surface area contributed by atoms with Crippen molar-refractivity contribution in [2.24, 2.45) is 0 Å². The average Bonchev–Trinajstić information content (AvgIpc) is 3.49. The van der Waals surface area contributed by atoms with Gasteiger partial charge in [0.25, 0.3) is 17.2 Å². The SMILES string of the molecule is CC(C)(C)[N+]1(C(=O)[O-])CC[C@H](N2C(=O)S/C(=C(/Cc3ccc(Cl)cc3C(F)(F)F)c3ccc4[nH]ncc4c3)C2=O)[C@@H](F)C1. The first-order chi connectivity index (χ1) is 20.0. The van der Waals surface area contributed by atoms with Gasteiger partial charge in [0.15, 0.2) is 6.17 Å². The molecule has 2 aromatic carbocycles. The molecule has 3 aromatic rings. The summed E-state index contributed by atoms with van der Waals surface area (Å²) < 4.78 is 57.1. The Labute approximate surface area is 253 Å². The molecule has 0 aliphatic carbocycles. The fourth-order valence-corrected chi connectivity index (χ4v) is 7.00. The number of nitrogens with zero attached hydrogens (tertiary/aromatic N) is 3. The first-order valence-corrected chi connectivity index (χ1v) is 14.5. The zero-order chi connectivity index (χ0) is 31.5. The van der Waals surface area contributed by atoms with Crippen molar-refractivity contribution in [1.82, 2.24) is 15.1 Å². The minimum absolute atomic E-state index is 0.0819. The number of hydrogen-bond acceptors (Lipinski definition) is 6. The van der Waals surface area contributed by atoms with Gasteiger partial charge >= 0.3 is 6.18 Å². The molecule has 2 fully saturated rings.